The summed E-state index contributed by atoms with van der Waals surface area (Å²) in [6.45, 7) is 0. The molecule has 2 unspecified atom stereocenters. The highest BCUT2D eigenvalue weighted by Gasteiger charge is 2.33. The monoisotopic (exact) mass is 580 g/mol. The number of alkyl halides is 6. The van der Waals surface area contributed by atoms with E-state index in [-0.39, 0.29) is 31.4 Å². The van der Waals surface area contributed by atoms with Crippen molar-refractivity contribution in [2.24, 2.45) is 0 Å². The fourth-order valence-corrected chi connectivity index (χ4v) is 3.26. The zero-order valence-corrected chi connectivity index (χ0v) is 20.7. The first kappa shape index (κ1) is 34.2. The van der Waals surface area contributed by atoms with Crippen LogP contribution in [0.3, 0.4) is 0 Å². The van der Waals surface area contributed by atoms with E-state index < -0.39 is 34.1 Å². The number of benzene rings is 2. The molecule has 40 heavy (non-hydrogen) atoms. The topological polar surface area (TPSA) is 128 Å². The molecular weight excluding hydrogens is 550 g/mol. The van der Waals surface area contributed by atoms with Gasteiger partial charge >= 0.3 is 12.4 Å². The Hall–Kier alpha value is -3.82. The molecule has 1 saturated heterocycles. The van der Waals surface area contributed by atoms with Crippen LogP contribution in [0.25, 0.3) is 5.69 Å². The maximum atomic E-state index is 12.4. The summed E-state index contributed by atoms with van der Waals surface area (Å²) in [6.07, 6.45) is -3.73. The zero-order valence-electron chi connectivity index (χ0n) is 20.7. The first-order chi connectivity index (χ1) is 18.2. The number of hydrogen-bond donors (Lipinski definition) is 2. The van der Waals surface area contributed by atoms with Crippen LogP contribution in [-0.4, -0.2) is 36.3 Å². The van der Waals surface area contributed by atoms with E-state index in [2.05, 4.69) is 0 Å². The Labute approximate surface area is 226 Å². The molecule has 2 atom stereocenters. The number of ether oxygens (including phenoxy) is 3. The van der Waals surface area contributed by atoms with E-state index in [9.17, 15) is 36.5 Å². The molecule has 222 valence electrons. The van der Waals surface area contributed by atoms with Gasteiger partial charge < -0.3 is 30.2 Å². The van der Waals surface area contributed by atoms with Crippen molar-refractivity contribution in [1.82, 2.24) is 4.57 Å². The van der Waals surface area contributed by atoms with Gasteiger partial charge in [0.05, 0.1) is 27.4 Å². The number of hydrogen-bond acceptors (Lipinski definition) is 7. The molecule has 9 nitrogen and oxygen atoms in total. The van der Waals surface area contributed by atoms with E-state index in [4.69, 9.17) is 25.7 Å². The van der Waals surface area contributed by atoms with Gasteiger partial charge in [0.1, 0.15) is 5.69 Å². The van der Waals surface area contributed by atoms with Gasteiger partial charge in [0.25, 0.3) is 5.69 Å². The number of anilines is 2. The number of methoxy groups -OCH3 is 2. The van der Waals surface area contributed by atoms with Gasteiger partial charge in [0.15, 0.2) is 12.6 Å². The van der Waals surface area contributed by atoms with Gasteiger partial charge in [-0.2, -0.15) is 26.3 Å². The first-order valence-electron chi connectivity index (χ1n) is 11.1. The summed E-state index contributed by atoms with van der Waals surface area (Å²) in [4.78, 5) is 9.31. The van der Waals surface area contributed by atoms with Crippen molar-refractivity contribution < 1.29 is 45.5 Å². The second-order valence-electron chi connectivity index (χ2n) is 7.93. The summed E-state index contributed by atoms with van der Waals surface area (Å²) in [6, 6.07) is 8.84. The van der Waals surface area contributed by atoms with Gasteiger partial charge in [-0.15, -0.1) is 0 Å². The lowest BCUT2D eigenvalue weighted by molar-refractivity contribution is -0.384. The SMILES string of the molecule is C.COC1CCC(OC)O1.Nc1cc(C(F)(F)F)ccc1-n1cccc1.Nc1ccc(C(F)(F)F)cc1[N+](=O)[O-]. The van der Waals surface area contributed by atoms with Crippen molar-refractivity contribution >= 4 is 17.1 Å². The number of nitrogens with zero attached hydrogens (tertiary/aromatic N) is 2. The van der Waals surface area contributed by atoms with Crippen LogP contribution in [-0.2, 0) is 26.6 Å². The second-order valence-corrected chi connectivity index (χ2v) is 7.93. The largest absolute Gasteiger partial charge is 0.416 e. The minimum atomic E-state index is -4.60. The van der Waals surface area contributed by atoms with Crippen molar-refractivity contribution in [2.75, 3.05) is 25.7 Å². The molecule has 1 aromatic heterocycles. The predicted octanol–water partition coefficient (Wildman–Crippen LogP) is 6.65. The number of rotatable bonds is 4. The Morgan fingerprint density at radius 3 is 1.75 bits per heavy atom. The van der Waals surface area contributed by atoms with Crippen molar-refractivity contribution in [2.45, 2.75) is 45.2 Å². The fraction of sp³-hybridized carbons (Fsp3) is 0.360. The quantitative estimate of drug-likeness (QED) is 0.153. The number of nitrogen functional groups attached to an aromatic ring is 2. The minimum absolute atomic E-state index is 0. The average Bonchev–Trinajstić information content (AvgIpc) is 3.56. The molecule has 1 aliphatic rings. The maximum Gasteiger partial charge on any atom is 0.416 e. The number of nitro benzene ring substituents is 1. The Balaban J connectivity index is 0.000000307. The Morgan fingerprint density at radius 2 is 1.35 bits per heavy atom. The van der Waals surface area contributed by atoms with Gasteiger partial charge in [-0.1, -0.05) is 7.43 Å². The summed E-state index contributed by atoms with van der Waals surface area (Å²) in [5.74, 6) is 0. The molecule has 0 amide bonds. The van der Waals surface area contributed by atoms with Crippen molar-refractivity contribution in [3.63, 3.8) is 0 Å². The summed E-state index contributed by atoms with van der Waals surface area (Å²) in [7, 11) is 3.28. The molecule has 2 heterocycles. The molecule has 3 aromatic rings. The molecule has 1 aliphatic heterocycles. The molecule has 0 radical (unpaired) electrons. The third kappa shape index (κ3) is 9.73. The number of nitrogens with two attached hydrogens (primary N) is 2. The van der Waals surface area contributed by atoms with Crippen LogP contribution in [0.2, 0.25) is 0 Å². The lowest BCUT2D eigenvalue weighted by Crippen LogP contribution is -2.13. The highest BCUT2D eigenvalue weighted by molar-refractivity contribution is 5.60. The highest BCUT2D eigenvalue weighted by atomic mass is 19.4. The Bertz CT molecular complexity index is 1210. The molecule has 4 rings (SSSR count). The first-order valence-corrected chi connectivity index (χ1v) is 11.1. The van der Waals surface area contributed by atoms with Crippen LogP contribution in [0.4, 0.5) is 43.4 Å². The van der Waals surface area contributed by atoms with Gasteiger partial charge in [0.2, 0.25) is 0 Å². The Kier molecular flexibility index (Phi) is 12.4. The normalized spacial score (nSPS) is 16.6. The summed E-state index contributed by atoms with van der Waals surface area (Å²) in [5, 5.41) is 10.3. The second kappa shape index (κ2) is 14.5. The molecule has 0 bridgehead atoms. The lowest BCUT2D eigenvalue weighted by Gasteiger charge is -2.11. The van der Waals surface area contributed by atoms with Gasteiger partial charge in [-0.25, -0.2) is 0 Å². The van der Waals surface area contributed by atoms with E-state index in [0.717, 1.165) is 31.0 Å². The standard InChI is InChI=1S/C11H9F3N2.C7H5F3N2O2.C6H12O3.CH4/c12-11(13,14)8-3-4-10(9(15)7-8)16-5-1-2-6-16;8-7(9,10)4-1-2-5(11)6(3-4)12(13)14;1-7-5-3-4-6(8-2)9-5;/h1-7H,15H2;1-3H,11H2;5-6H,3-4H2,1-2H3;1H4. The summed E-state index contributed by atoms with van der Waals surface area (Å²) >= 11 is 0. The van der Waals surface area contributed by atoms with Crippen molar-refractivity contribution in [3.05, 3.63) is 82.2 Å². The number of aromatic nitrogens is 1. The maximum absolute atomic E-state index is 12.4. The molecule has 4 N–H and O–H groups in total. The van der Waals surface area contributed by atoms with Crippen LogP contribution < -0.4 is 11.5 Å². The third-order valence-electron chi connectivity index (χ3n) is 5.26. The van der Waals surface area contributed by atoms with Crippen LogP contribution in [0, 0.1) is 10.1 Å². The number of nitro groups is 1. The third-order valence-corrected chi connectivity index (χ3v) is 5.26. The van der Waals surface area contributed by atoms with E-state index in [1.165, 1.54) is 6.07 Å². The average molecular weight is 581 g/mol. The van der Waals surface area contributed by atoms with Crippen LogP contribution in [0.5, 0.6) is 0 Å². The minimum Gasteiger partial charge on any atom is -0.397 e. The zero-order chi connectivity index (χ0) is 29.4. The number of halogens is 6. The molecule has 0 spiro atoms. The smallest absolute Gasteiger partial charge is 0.397 e. The van der Waals surface area contributed by atoms with Gasteiger partial charge in [-0.3, -0.25) is 10.1 Å². The summed E-state index contributed by atoms with van der Waals surface area (Å²) < 4.78 is 90.2. The van der Waals surface area contributed by atoms with Gasteiger partial charge in [-0.05, 0) is 42.5 Å². The van der Waals surface area contributed by atoms with E-state index in [1.807, 2.05) is 0 Å². The molecule has 0 saturated carbocycles. The molecular formula is C25H30F6N4O5. The molecule has 15 heteroatoms. The molecule has 2 aromatic carbocycles. The Morgan fingerprint density at radius 1 is 0.875 bits per heavy atom. The molecule has 0 aliphatic carbocycles. The van der Waals surface area contributed by atoms with E-state index in [1.54, 1.807) is 43.3 Å². The van der Waals surface area contributed by atoms with Crippen LogP contribution in [0.15, 0.2) is 60.9 Å². The van der Waals surface area contributed by atoms with Crippen LogP contribution >= 0.6 is 0 Å². The fourth-order valence-electron chi connectivity index (χ4n) is 3.26. The van der Waals surface area contributed by atoms with Crippen LogP contribution in [0.1, 0.15) is 31.4 Å². The van der Waals surface area contributed by atoms with E-state index in [0.29, 0.717) is 17.8 Å². The lowest BCUT2D eigenvalue weighted by atomic mass is 10.1. The summed E-state index contributed by atoms with van der Waals surface area (Å²) in [5.41, 5.74) is 8.51. The predicted molar refractivity (Wildman–Crippen MR) is 136 cm³/mol. The molecule has 1 fully saturated rings. The van der Waals surface area contributed by atoms with Crippen molar-refractivity contribution in [1.29, 1.82) is 0 Å². The highest BCUT2D eigenvalue weighted by Crippen LogP contribution is 2.34. The van der Waals surface area contributed by atoms with Crippen molar-refractivity contribution in [3.8, 4) is 5.69 Å². The van der Waals surface area contributed by atoms with Gasteiger partial charge in [0, 0.05) is 45.5 Å². The van der Waals surface area contributed by atoms with E-state index >= 15 is 0 Å².